The molecule has 3 nitrogen and oxygen atoms in total. The minimum atomic E-state index is -2.71. The fraction of sp³-hybridized carbons (Fsp3) is 0.111. The number of hydrogen-bond acceptors (Lipinski definition) is 3. The van der Waals surface area contributed by atoms with Crippen LogP contribution in [0, 0.1) is 20.6 Å². The fourth-order valence-electron chi connectivity index (χ4n) is 4.01. The van der Waals surface area contributed by atoms with Crippen LogP contribution in [-0.2, 0) is 0 Å². The van der Waals surface area contributed by atoms with Crippen LogP contribution in [0.3, 0.4) is 0 Å². The molecule has 30 heavy (non-hydrogen) atoms. The van der Waals surface area contributed by atoms with Gasteiger partial charge < -0.3 is 4.42 Å². The van der Waals surface area contributed by atoms with Gasteiger partial charge in [0.05, 0.1) is 11.2 Å². The van der Waals surface area contributed by atoms with E-state index in [9.17, 15) is 0 Å². The fourth-order valence-corrected chi connectivity index (χ4v) is 4.01. The van der Waals surface area contributed by atoms with Gasteiger partial charge in [0.25, 0.3) is 0 Å². The summed E-state index contributed by atoms with van der Waals surface area (Å²) in [6, 6.07) is 17.6. The highest BCUT2D eigenvalue weighted by Crippen LogP contribution is 2.38. The summed E-state index contributed by atoms with van der Waals surface area (Å²) in [5, 5.41) is 3.53. The second-order valence-electron chi connectivity index (χ2n) is 7.28. The van der Waals surface area contributed by atoms with E-state index in [1.165, 1.54) is 18.2 Å². The van der Waals surface area contributed by atoms with Gasteiger partial charge in [-0.15, -0.1) is 0 Å². The molecule has 0 amide bonds. The summed E-state index contributed by atoms with van der Waals surface area (Å²) < 4.78 is 77.6. The molecule has 0 fully saturated rings. The number of aryl methyl sites for hydroxylation is 3. The lowest BCUT2D eigenvalue weighted by Gasteiger charge is -2.06. The maximum absolute atomic E-state index is 8.15. The molecule has 0 aliphatic heterocycles. The molecule has 3 aromatic carbocycles. The van der Waals surface area contributed by atoms with Crippen LogP contribution < -0.4 is 0 Å². The van der Waals surface area contributed by atoms with Crippen LogP contribution in [0.2, 0.25) is 0 Å². The Morgan fingerprint density at radius 1 is 0.800 bits per heavy atom. The van der Waals surface area contributed by atoms with Crippen LogP contribution in [0.25, 0.3) is 55.0 Å². The Bertz CT molecular complexity index is 1930. The molecular formula is C27H20N2O. The monoisotopic (exact) mass is 397 g/mol. The highest BCUT2D eigenvalue weighted by molar-refractivity contribution is 6.15. The Labute approximate surface area is 186 Å². The lowest BCUT2D eigenvalue weighted by molar-refractivity contribution is 0.657. The van der Waals surface area contributed by atoms with Gasteiger partial charge in [0.15, 0.2) is 0 Å². The predicted molar refractivity (Wildman–Crippen MR) is 124 cm³/mol. The summed E-state index contributed by atoms with van der Waals surface area (Å²) in [6.45, 7) is -7.87. The molecule has 144 valence electrons. The van der Waals surface area contributed by atoms with Gasteiger partial charge in [0.1, 0.15) is 5.58 Å². The summed E-state index contributed by atoms with van der Waals surface area (Å²) in [5.41, 5.74) is 0.896. The van der Waals surface area contributed by atoms with E-state index in [2.05, 4.69) is 4.98 Å². The van der Waals surface area contributed by atoms with Gasteiger partial charge in [-0.3, -0.25) is 4.98 Å². The quantitative estimate of drug-likeness (QED) is 0.274. The number of rotatable bonds is 1. The van der Waals surface area contributed by atoms with Gasteiger partial charge in [-0.25, -0.2) is 4.98 Å². The second kappa shape index (κ2) is 6.14. The van der Waals surface area contributed by atoms with Crippen LogP contribution in [0.4, 0.5) is 0 Å². The lowest BCUT2D eigenvalue weighted by atomic mass is 10.00. The van der Waals surface area contributed by atoms with E-state index < -0.39 is 20.6 Å². The molecule has 0 unspecified atom stereocenters. The molecular weight excluding hydrogens is 368 g/mol. The largest absolute Gasteiger partial charge is 0.437 e. The van der Waals surface area contributed by atoms with Crippen LogP contribution in [0.15, 0.2) is 71.3 Å². The first-order valence-corrected chi connectivity index (χ1v) is 9.43. The number of hydrogen-bond donors (Lipinski definition) is 0. The van der Waals surface area contributed by atoms with E-state index >= 15 is 0 Å². The summed E-state index contributed by atoms with van der Waals surface area (Å²) in [5.74, 6) is 0. The van der Waals surface area contributed by atoms with Crippen molar-refractivity contribution < 1.29 is 16.8 Å². The van der Waals surface area contributed by atoms with Gasteiger partial charge in [-0.2, -0.15) is 0 Å². The van der Waals surface area contributed by atoms with E-state index in [4.69, 9.17) is 21.7 Å². The summed E-state index contributed by atoms with van der Waals surface area (Å²) >= 11 is 0. The van der Waals surface area contributed by atoms with Crippen molar-refractivity contribution in [3.63, 3.8) is 0 Å². The normalized spacial score (nSPS) is 17.5. The highest BCUT2D eigenvalue weighted by atomic mass is 16.3. The van der Waals surface area contributed by atoms with Gasteiger partial charge in [0, 0.05) is 45.6 Å². The van der Waals surface area contributed by atoms with Crippen molar-refractivity contribution in [2.45, 2.75) is 20.6 Å². The van der Waals surface area contributed by atoms with Crippen LogP contribution in [0.1, 0.15) is 29.0 Å². The smallest absolute Gasteiger partial charge is 0.227 e. The van der Waals surface area contributed by atoms with E-state index in [1.54, 1.807) is 0 Å². The molecule has 0 saturated heterocycles. The van der Waals surface area contributed by atoms with E-state index in [-0.39, 0.29) is 33.7 Å². The van der Waals surface area contributed by atoms with Crippen molar-refractivity contribution in [3.05, 3.63) is 83.6 Å². The zero-order valence-electron chi connectivity index (χ0n) is 24.7. The Hall–Kier alpha value is -3.72. The zero-order valence-corrected chi connectivity index (χ0v) is 15.7. The minimum absolute atomic E-state index is 0.0529. The minimum Gasteiger partial charge on any atom is -0.437 e. The second-order valence-corrected chi connectivity index (χ2v) is 7.28. The predicted octanol–water partition coefficient (Wildman–Crippen LogP) is 7.27. The van der Waals surface area contributed by atoms with Crippen LogP contribution >= 0.6 is 0 Å². The van der Waals surface area contributed by atoms with E-state index in [0.29, 0.717) is 21.9 Å². The van der Waals surface area contributed by atoms with Crippen molar-refractivity contribution in [1.82, 2.24) is 9.97 Å². The van der Waals surface area contributed by atoms with Gasteiger partial charge in [0.2, 0.25) is 5.71 Å². The average molecular weight is 398 g/mol. The molecule has 3 heterocycles. The maximum atomic E-state index is 8.15. The number of aromatic nitrogens is 2. The molecule has 0 saturated carbocycles. The van der Waals surface area contributed by atoms with Gasteiger partial charge in [-0.05, 0) is 60.8 Å². The molecule has 0 atom stereocenters. The Morgan fingerprint density at radius 3 is 2.57 bits per heavy atom. The molecule has 0 radical (unpaired) electrons. The summed E-state index contributed by atoms with van der Waals surface area (Å²) in [7, 11) is 0. The Morgan fingerprint density at radius 2 is 1.67 bits per heavy atom. The van der Waals surface area contributed by atoms with Gasteiger partial charge in [-0.1, -0.05) is 42.5 Å². The lowest BCUT2D eigenvalue weighted by Crippen LogP contribution is -1.89. The Kier molecular flexibility index (Phi) is 2.12. The van der Waals surface area contributed by atoms with E-state index in [0.717, 1.165) is 22.4 Å². The van der Waals surface area contributed by atoms with Crippen molar-refractivity contribution in [2.24, 2.45) is 0 Å². The Balaban J connectivity index is 1.70. The first-order chi connectivity index (χ1) is 18.2. The van der Waals surface area contributed by atoms with Crippen molar-refractivity contribution in [3.8, 4) is 11.3 Å². The van der Waals surface area contributed by atoms with Gasteiger partial charge >= 0.3 is 0 Å². The first kappa shape index (κ1) is 10.4. The number of nitrogens with zero attached hydrogens (tertiary/aromatic N) is 2. The van der Waals surface area contributed by atoms with Crippen molar-refractivity contribution in [2.75, 3.05) is 0 Å². The molecule has 0 bridgehead atoms. The van der Waals surface area contributed by atoms with Crippen LogP contribution in [0.5, 0.6) is 0 Å². The zero-order chi connectivity index (χ0) is 27.9. The molecule has 0 aliphatic carbocycles. The molecule has 0 aliphatic rings. The van der Waals surface area contributed by atoms with Crippen molar-refractivity contribution in [1.29, 1.82) is 0 Å². The summed E-state index contributed by atoms with van der Waals surface area (Å²) in [4.78, 5) is 9.04. The number of furan rings is 1. The maximum Gasteiger partial charge on any atom is 0.227 e. The molecule has 3 aromatic heterocycles. The molecule has 6 aromatic rings. The third-order valence-electron chi connectivity index (χ3n) is 5.48. The standard InChI is InChI=1S/C27H20N2O/c1-15-8-11-21(23-12-16(2)17(3)14-28-23)26-24(15)22-13-19-10-9-18-6-4-5-7-20(18)25(19)29-27(22)30-26/h4-14H,1-3H3/i1D3,2D3,3D3. The SMILES string of the molecule is [2H]C([2H])([2H])c1cnc(-c2ccc(C([2H])([2H])[2H])c3c2oc2nc4c(ccc5ccccc54)cc23)cc1C([2H])([2H])[2H]. The molecule has 0 N–H and O–H groups in total. The number of pyridine rings is 2. The average Bonchev–Trinajstić information content (AvgIpc) is 3.23. The van der Waals surface area contributed by atoms with E-state index in [1.807, 2.05) is 42.5 Å². The first-order valence-electron chi connectivity index (χ1n) is 13.9. The van der Waals surface area contributed by atoms with Crippen molar-refractivity contribution >= 4 is 43.7 Å². The molecule has 3 heteroatoms. The highest BCUT2D eigenvalue weighted by Gasteiger charge is 2.17. The van der Waals surface area contributed by atoms with Crippen LogP contribution in [-0.4, -0.2) is 9.97 Å². The molecule has 6 rings (SSSR count). The third kappa shape index (κ3) is 2.38. The summed E-state index contributed by atoms with van der Waals surface area (Å²) in [6.07, 6.45) is 1.04. The molecule has 0 spiro atoms. The topological polar surface area (TPSA) is 38.9 Å². The number of benzene rings is 3. The number of fused-ring (bicyclic) bond motifs is 6. The third-order valence-corrected chi connectivity index (χ3v) is 5.48.